The molecule has 0 spiro atoms. The van der Waals surface area contributed by atoms with Crippen molar-refractivity contribution in [3.8, 4) is 24.3 Å². The van der Waals surface area contributed by atoms with E-state index in [0.29, 0.717) is 21.2 Å². The summed E-state index contributed by atoms with van der Waals surface area (Å²) in [5.74, 6) is -3.70. The molecule has 0 aliphatic carbocycles. The molecule has 0 aromatic heterocycles. The number of rotatable bonds is 5. The van der Waals surface area contributed by atoms with Gasteiger partial charge in [0.05, 0.1) is 12.1 Å². The third kappa shape index (κ3) is 4.98. The lowest BCUT2D eigenvalue weighted by Crippen LogP contribution is -2.51. The van der Waals surface area contributed by atoms with E-state index < -0.39 is 23.7 Å². The second kappa shape index (κ2) is 11.8. The quantitative estimate of drug-likeness (QED) is 0.443. The Kier molecular flexibility index (Phi) is 8.40. The average molecular weight is 602 g/mol. The average Bonchev–Trinajstić information content (AvgIpc) is 2.95. The maximum atomic E-state index is 13.4. The molecule has 4 rings (SSSR count). The van der Waals surface area contributed by atoms with Crippen LogP contribution in [0.15, 0.2) is 59.7 Å². The Bertz CT molecular complexity index is 1580. The first kappa shape index (κ1) is 28.6. The summed E-state index contributed by atoms with van der Waals surface area (Å²) in [6.07, 6.45) is 0. The van der Waals surface area contributed by atoms with Gasteiger partial charge in [0.1, 0.15) is 45.1 Å². The second-order valence-electron chi connectivity index (χ2n) is 8.53. The fourth-order valence-corrected chi connectivity index (χ4v) is 5.45. The van der Waals surface area contributed by atoms with Crippen molar-refractivity contribution in [3.05, 3.63) is 80.8 Å². The van der Waals surface area contributed by atoms with Gasteiger partial charge in [0.15, 0.2) is 0 Å². The number of hydrogen-bond acceptors (Lipinski definition) is 8. The number of benzene rings is 2. The highest BCUT2D eigenvalue weighted by molar-refractivity contribution is 7.80. The summed E-state index contributed by atoms with van der Waals surface area (Å²) in [4.78, 5) is 28.8. The monoisotopic (exact) mass is 600 g/mol. The molecule has 194 valence electrons. The number of amides is 2. The first-order chi connectivity index (χ1) is 19.2. The zero-order valence-electron chi connectivity index (χ0n) is 20.3. The van der Waals surface area contributed by atoms with Gasteiger partial charge in [0, 0.05) is 34.3 Å². The van der Waals surface area contributed by atoms with Crippen molar-refractivity contribution >= 4 is 80.6 Å². The molecule has 2 atom stereocenters. The van der Waals surface area contributed by atoms with Gasteiger partial charge in [-0.2, -0.15) is 21.0 Å². The van der Waals surface area contributed by atoms with Crippen molar-refractivity contribution in [1.29, 1.82) is 21.0 Å². The minimum atomic E-state index is -1.11. The van der Waals surface area contributed by atoms with Crippen LogP contribution in [0.4, 0.5) is 0 Å². The van der Waals surface area contributed by atoms with Crippen molar-refractivity contribution in [3.63, 3.8) is 0 Å². The minimum absolute atomic E-state index is 0.0541. The van der Waals surface area contributed by atoms with E-state index in [1.54, 1.807) is 48.5 Å². The van der Waals surface area contributed by atoms with Crippen LogP contribution < -0.4 is 0 Å². The van der Waals surface area contributed by atoms with Crippen molar-refractivity contribution in [2.45, 2.75) is 0 Å². The summed E-state index contributed by atoms with van der Waals surface area (Å²) in [6, 6.07) is 20.5. The number of halogens is 2. The number of carbonyl (C=O) groups is 2. The Morgan fingerprint density at radius 1 is 0.650 bits per heavy atom. The highest BCUT2D eigenvalue weighted by Crippen LogP contribution is 2.37. The zero-order chi connectivity index (χ0) is 29.1. The van der Waals surface area contributed by atoms with Crippen LogP contribution in [0.2, 0.25) is 10.0 Å². The lowest BCUT2D eigenvalue weighted by Gasteiger charge is -2.36. The molecule has 12 heteroatoms. The molecule has 0 bridgehead atoms. The van der Waals surface area contributed by atoms with E-state index in [0.717, 1.165) is 9.80 Å². The summed E-state index contributed by atoms with van der Waals surface area (Å²) < 4.78 is 0. The molecule has 2 unspecified atom stereocenters. The van der Waals surface area contributed by atoms with Gasteiger partial charge < -0.3 is 0 Å². The summed E-state index contributed by atoms with van der Waals surface area (Å²) in [7, 11) is 0. The van der Waals surface area contributed by atoms with Gasteiger partial charge in [-0.25, -0.2) is 0 Å². The Balaban J connectivity index is 1.68. The van der Waals surface area contributed by atoms with E-state index >= 15 is 0 Å². The van der Waals surface area contributed by atoms with E-state index in [1.807, 2.05) is 12.1 Å². The lowest BCUT2D eigenvalue weighted by atomic mass is 9.85. The lowest BCUT2D eigenvalue weighted by molar-refractivity contribution is -0.126. The van der Waals surface area contributed by atoms with Crippen LogP contribution in [0.3, 0.4) is 0 Å². The first-order valence-corrected chi connectivity index (χ1v) is 13.1. The van der Waals surface area contributed by atoms with Gasteiger partial charge >= 0.3 is 0 Å². The maximum Gasteiger partial charge on any atom is 0.269 e. The topological polar surface area (TPSA) is 136 Å². The molecule has 0 N–H and O–H groups in total. The summed E-state index contributed by atoms with van der Waals surface area (Å²) in [6.45, 7) is -0.456. The third-order valence-electron chi connectivity index (χ3n) is 6.40. The Morgan fingerprint density at radius 2 is 0.975 bits per heavy atom. The van der Waals surface area contributed by atoms with Crippen LogP contribution in [-0.4, -0.2) is 44.7 Å². The number of thiocarbonyl (C=S) groups is 2. The van der Waals surface area contributed by atoms with Crippen molar-refractivity contribution in [2.75, 3.05) is 13.1 Å². The molecule has 2 heterocycles. The normalized spacial score (nSPS) is 19.2. The van der Waals surface area contributed by atoms with Crippen LogP contribution in [-0.2, 0) is 9.59 Å². The number of nitriles is 4. The highest BCUT2D eigenvalue weighted by Gasteiger charge is 2.42. The van der Waals surface area contributed by atoms with E-state index in [9.17, 15) is 30.6 Å². The molecular weight excluding hydrogens is 587 g/mol. The summed E-state index contributed by atoms with van der Waals surface area (Å²) >= 11 is 22.9. The summed E-state index contributed by atoms with van der Waals surface area (Å²) in [5.41, 5.74) is 0.699. The van der Waals surface area contributed by atoms with Gasteiger partial charge in [0.25, 0.3) is 11.8 Å². The van der Waals surface area contributed by atoms with Crippen molar-refractivity contribution < 1.29 is 9.59 Å². The molecular formula is C28H14Cl2N6O2S2. The zero-order valence-corrected chi connectivity index (χ0v) is 23.4. The van der Waals surface area contributed by atoms with Crippen LogP contribution in [0.5, 0.6) is 0 Å². The predicted octanol–water partition coefficient (Wildman–Crippen LogP) is 4.87. The Labute approximate surface area is 250 Å². The van der Waals surface area contributed by atoms with Gasteiger partial charge in [0.2, 0.25) is 0 Å². The Hall–Kier alpha value is -4.42. The Morgan fingerprint density at radius 3 is 1.25 bits per heavy atom. The van der Waals surface area contributed by atoms with Crippen LogP contribution in [0.1, 0.15) is 11.1 Å². The molecule has 2 aromatic carbocycles. The van der Waals surface area contributed by atoms with Crippen LogP contribution in [0.25, 0.3) is 11.1 Å². The van der Waals surface area contributed by atoms with Gasteiger partial charge in [-0.15, -0.1) is 0 Å². The smallest absolute Gasteiger partial charge is 0.269 e. The van der Waals surface area contributed by atoms with E-state index in [1.165, 1.54) is 0 Å². The molecule has 0 radical (unpaired) electrons. The molecule has 2 aromatic rings. The fraction of sp³-hybridized carbons (Fsp3) is 0.143. The molecule has 8 nitrogen and oxygen atoms in total. The number of nitrogens with zero attached hydrogens (tertiary/aromatic N) is 6. The second-order valence-corrected chi connectivity index (χ2v) is 10.2. The molecule has 0 saturated heterocycles. The predicted molar refractivity (Wildman–Crippen MR) is 155 cm³/mol. The molecule has 2 aliphatic rings. The van der Waals surface area contributed by atoms with Crippen LogP contribution >= 0.6 is 47.6 Å². The maximum absolute atomic E-state index is 13.4. The molecule has 0 fully saturated rings. The minimum Gasteiger partial charge on any atom is -0.299 e. The molecule has 0 saturated carbocycles. The van der Waals surface area contributed by atoms with Crippen LogP contribution in [0, 0.1) is 57.2 Å². The first-order valence-electron chi connectivity index (χ1n) is 11.5. The van der Waals surface area contributed by atoms with Gasteiger partial charge in [-0.1, -0.05) is 71.9 Å². The SMILES string of the molecule is N#CC1=C(c2ccc(Cl)cc2)C(C#N)C(=S)N(CCN2C(=O)C(C#N)=C(c3ccc(Cl)cc3)C(C#N)C2=S)C1=O. The van der Waals surface area contributed by atoms with Crippen molar-refractivity contribution in [1.82, 2.24) is 9.80 Å². The standard InChI is InChI=1S/C28H14Cl2N6O2S2/c29-17-5-1-15(2-6-17)23-19(11-31)25(37)35(27(39)21(23)13-33)9-10-36-26(38)20(12-32)24(22(14-34)28(36)40)16-3-7-18(30)8-4-16/h1-8,21-22H,9-10H2. The molecule has 40 heavy (non-hydrogen) atoms. The van der Waals surface area contributed by atoms with Gasteiger partial charge in [-0.05, 0) is 35.4 Å². The largest absolute Gasteiger partial charge is 0.299 e. The third-order valence-corrected chi connectivity index (χ3v) is 7.82. The molecule has 2 amide bonds. The summed E-state index contributed by atoms with van der Waals surface area (Å²) in [5, 5.41) is 40.4. The van der Waals surface area contributed by atoms with E-state index in [4.69, 9.17) is 47.6 Å². The van der Waals surface area contributed by atoms with E-state index in [2.05, 4.69) is 12.1 Å². The fourth-order valence-electron chi connectivity index (χ4n) is 4.51. The van der Waals surface area contributed by atoms with E-state index in [-0.39, 0.29) is 45.4 Å². The number of carbonyl (C=O) groups excluding carboxylic acids is 2. The molecule has 2 aliphatic heterocycles. The highest BCUT2D eigenvalue weighted by atomic mass is 35.5. The van der Waals surface area contributed by atoms with Gasteiger partial charge in [-0.3, -0.25) is 19.4 Å². The number of hydrogen-bond donors (Lipinski definition) is 0. The van der Waals surface area contributed by atoms with Crippen molar-refractivity contribution in [2.24, 2.45) is 11.8 Å².